The molecule has 25 heavy (non-hydrogen) atoms. The van der Waals surface area contributed by atoms with Gasteiger partial charge in [0.1, 0.15) is 24.4 Å². The van der Waals surface area contributed by atoms with E-state index in [9.17, 15) is 0 Å². The fourth-order valence-corrected chi connectivity index (χ4v) is 0.428. The van der Waals surface area contributed by atoms with Crippen molar-refractivity contribution in [2.75, 3.05) is 42.3 Å². The van der Waals surface area contributed by atoms with Gasteiger partial charge in [0.05, 0.1) is 0 Å². The molecule has 3 atom stereocenters. The van der Waals surface area contributed by atoms with E-state index >= 15 is 0 Å². The molecule has 0 radical (unpaired) electrons. The Morgan fingerprint density at radius 2 is 0.800 bits per heavy atom. The lowest BCUT2D eigenvalue weighted by molar-refractivity contribution is 0.0576. The number of aliphatic hydroxyl groups is 3. The molecule has 0 heterocycles. The summed E-state index contributed by atoms with van der Waals surface area (Å²) in [5.74, 6) is 0.322. The molecule has 0 saturated heterocycles. The van der Waals surface area contributed by atoms with E-state index in [-0.39, 0.29) is 18.7 Å². The molecular weight excluding hydrogens is 322 g/mol. The number of para-hydroxylation sites is 1. The van der Waals surface area contributed by atoms with Crippen molar-refractivity contribution in [3.63, 3.8) is 0 Å². The van der Waals surface area contributed by atoms with Gasteiger partial charge < -0.3 is 20.4 Å². The number of hydrogen-bond donors (Lipinski definition) is 4. The molecule has 3 unspecified atom stereocenters. The van der Waals surface area contributed by atoms with Gasteiger partial charge in [-0.3, -0.25) is 14.7 Å². The molecule has 0 fully saturated rings. The summed E-state index contributed by atoms with van der Waals surface area (Å²) in [7, 11) is 10.9. The molecule has 1 aromatic rings. The Morgan fingerprint density at radius 3 is 0.880 bits per heavy atom. The summed E-state index contributed by atoms with van der Waals surface area (Å²) in [4.78, 5) is 5.17. The molecule has 7 heteroatoms. The van der Waals surface area contributed by atoms with Crippen molar-refractivity contribution in [2.45, 2.75) is 39.5 Å². The van der Waals surface area contributed by atoms with Crippen molar-refractivity contribution in [2.24, 2.45) is 0 Å². The van der Waals surface area contributed by atoms with E-state index in [0.717, 1.165) is 0 Å². The molecule has 0 aliphatic carbocycles. The van der Waals surface area contributed by atoms with Crippen molar-refractivity contribution < 1.29 is 20.4 Å². The van der Waals surface area contributed by atoms with Crippen LogP contribution in [0, 0.1) is 0 Å². The zero-order valence-electron chi connectivity index (χ0n) is 17.2. The van der Waals surface area contributed by atoms with E-state index in [4.69, 9.17) is 20.4 Å². The average molecular weight is 362 g/mol. The van der Waals surface area contributed by atoms with Crippen LogP contribution in [0.4, 0.5) is 0 Å². The smallest absolute Gasteiger partial charge is 0.115 e. The maximum absolute atomic E-state index is 8.63. The van der Waals surface area contributed by atoms with Crippen LogP contribution in [0.3, 0.4) is 0 Å². The first-order valence-electron chi connectivity index (χ1n) is 8.10. The lowest BCUT2D eigenvalue weighted by Crippen LogP contribution is -2.23. The van der Waals surface area contributed by atoms with E-state index < -0.39 is 0 Å². The lowest BCUT2D eigenvalue weighted by atomic mass is 10.3. The number of rotatable bonds is 3. The summed E-state index contributed by atoms with van der Waals surface area (Å²) in [5, 5.41) is 34.3. The fraction of sp³-hybridized carbons (Fsp3) is 0.667. The highest BCUT2D eigenvalue weighted by Gasteiger charge is 1.93. The molecule has 0 saturated carbocycles. The molecule has 0 spiro atoms. The van der Waals surface area contributed by atoms with Crippen molar-refractivity contribution in [3.05, 3.63) is 30.3 Å². The molecular formula is C18H39N3O4. The quantitative estimate of drug-likeness (QED) is 0.598. The molecule has 0 aliphatic rings. The standard InChI is InChI=1S/C6H6O.3C4H11NO/c7-6-4-2-1-3-5-6;3*1-4(6)5(2)3/h1-5,7H;3*4,6H,1-3H3. The minimum absolute atomic E-state index is 0.315. The fourth-order valence-electron chi connectivity index (χ4n) is 0.428. The van der Waals surface area contributed by atoms with Crippen LogP contribution in [-0.4, -0.2) is 96.1 Å². The van der Waals surface area contributed by atoms with E-state index in [1.165, 1.54) is 0 Å². The summed E-state index contributed by atoms with van der Waals surface area (Å²) in [5.41, 5.74) is 0. The second-order valence-electron chi connectivity index (χ2n) is 6.12. The van der Waals surface area contributed by atoms with Gasteiger partial charge in [-0.25, -0.2) is 0 Å². The lowest BCUT2D eigenvalue weighted by Gasteiger charge is -2.11. The molecule has 0 aromatic heterocycles. The maximum atomic E-state index is 8.63. The predicted molar refractivity (Wildman–Crippen MR) is 104 cm³/mol. The average Bonchev–Trinajstić information content (AvgIpc) is 2.49. The van der Waals surface area contributed by atoms with Crippen molar-refractivity contribution in [1.29, 1.82) is 0 Å². The summed E-state index contributed by atoms with van der Waals surface area (Å²) in [6, 6.07) is 8.71. The topological polar surface area (TPSA) is 90.6 Å². The first-order chi connectivity index (χ1) is 11.3. The van der Waals surface area contributed by atoms with Crippen LogP contribution in [0.2, 0.25) is 0 Å². The molecule has 4 N–H and O–H groups in total. The van der Waals surface area contributed by atoms with Gasteiger partial charge in [-0.05, 0) is 75.2 Å². The van der Waals surface area contributed by atoms with E-state index in [2.05, 4.69) is 0 Å². The highest BCUT2D eigenvalue weighted by atomic mass is 16.3. The van der Waals surface area contributed by atoms with E-state index in [1.807, 2.05) is 48.4 Å². The van der Waals surface area contributed by atoms with Crippen LogP contribution in [-0.2, 0) is 0 Å². The Bertz CT molecular complexity index is 323. The summed E-state index contributed by atoms with van der Waals surface area (Å²) in [6.45, 7) is 5.17. The maximum Gasteiger partial charge on any atom is 0.115 e. The summed E-state index contributed by atoms with van der Waals surface area (Å²) in [6.07, 6.45) is -0.944. The Morgan fingerprint density at radius 1 is 0.600 bits per heavy atom. The largest absolute Gasteiger partial charge is 0.508 e. The zero-order chi connectivity index (χ0) is 20.6. The number of phenols is 1. The Kier molecular flexibility index (Phi) is 20.1. The monoisotopic (exact) mass is 361 g/mol. The molecule has 1 aromatic carbocycles. The molecule has 150 valence electrons. The Hall–Kier alpha value is -1.22. The highest BCUT2D eigenvalue weighted by molar-refractivity contribution is 5.18. The highest BCUT2D eigenvalue weighted by Crippen LogP contribution is 2.02. The van der Waals surface area contributed by atoms with Crippen molar-refractivity contribution in [3.8, 4) is 5.75 Å². The van der Waals surface area contributed by atoms with Crippen LogP contribution >= 0.6 is 0 Å². The third-order valence-electron chi connectivity index (χ3n) is 3.00. The van der Waals surface area contributed by atoms with Crippen LogP contribution in [0.15, 0.2) is 30.3 Å². The molecule has 1 rings (SSSR count). The van der Waals surface area contributed by atoms with Crippen LogP contribution < -0.4 is 0 Å². The number of phenolic OH excluding ortho intramolecular Hbond substituents is 1. The number of aliphatic hydroxyl groups excluding tert-OH is 3. The normalized spacial score (nSPS) is 13.6. The van der Waals surface area contributed by atoms with Gasteiger partial charge in [0, 0.05) is 0 Å². The van der Waals surface area contributed by atoms with Gasteiger partial charge in [-0.15, -0.1) is 0 Å². The van der Waals surface area contributed by atoms with Gasteiger partial charge in [-0.1, -0.05) is 18.2 Å². The van der Waals surface area contributed by atoms with Crippen molar-refractivity contribution in [1.82, 2.24) is 14.7 Å². The zero-order valence-corrected chi connectivity index (χ0v) is 17.2. The van der Waals surface area contributed by atoms with E-state index in [0.29, 0.717) is 5.75 Å². The van der Waals surface area contributed by atoms with Gasteiger partial charge in [0.25, 0.3) is 0 Å². The summed E-state index contributed by atoms with van der Waals surface area (Å²) < 4.78 is 0. The first kappa shape index (κ1) is 28.6. The van der Waals surface area contributed by atoms with Gasteiger partial charge in [0.15, 0.2) is 0 Å². The second kappa shape index (κ2) is 17.6. The number of aromatic hydroxyl groups is 1. The minimum Gasteiger partial charge on any atom is -0.508 e. The van der Waals surface area contributed by atoms with Crippen molar-refractivity contribution >= 4 is 0 Å². The number of nitrogens with zero attached hydrogens (tertiary/aromatic N) is 3. The van der Waals surface area contributed by atoms with Gasteiger partial charge in [0.2, 0.25) is 0 Å². The molecule has 0 aliphatic heterocycles. The van der Waals surface area contributed by atoms with Crippen LogP contribution in [0.1, 0.15) is 20.8 Å². The van der Waals surface area contributed by atoms with Crippen LogP contribution in [0.5, 0.6) is 5.75 Å². The van der Waals surface area contributed by atoms with Gasteiger partial charge >= 0.3 is 0 Å². The van der Waals surface area contributed by atoms with Gasteiger partial charge in [-0.2, -0.15) is 0 Å². The summed E-state index contributed by atoms with van der Waals surface area (Å²) >= 11 is 0. The van der Waals surface area contributed by atoms with Crippen LogP contribution in [0.25, 0.3) is 0 Å². The molecule has 0 amide bonds. The number of hydrogen-bond acceptors (Lipinski definition) is 7. The SMILES string of the molecule is CC(O)N(C)C.CC(O)N(C)C.CC(O)N(C)C.Oc1ccccc1. The third kappa shape index (κ3) is 27.9. The number of benzene rings is 1. The Labute approximate surface area is 153 Å². The molecule has 7 nitrogen and oxygen atoms in total. The molecule has 0 bridgehead atoms. The first-order valence-corrected chi connectivity index (χ1v) is 8.10. The third-order valence-corrected chi connectivity index (χ3v) is 3.00. The van der Waals surface area contributed by atoms with E-state index in [1.54, 1.807) is 59.7 Å². The minimum atomic E-state index is -0.315. The predicted octanol–water partition coefficient (Wildman–Crippen LogP) is 1.05. The second-order valence-corrected chi connectivity index (χ2v) is 6.12. The Balaban J connectivity index is -0.000000259.